The van der Waals surface area contributed by atoms with Gasteiger partial charge >= 0.3 is 0 Å². The molecule has 5 heteroatoms. The molecule has 3 rings (SSSR count). The molecule has 20 heavy (non-hydrogen) atoms. The summed E-state index contributed by atoms with van der Waals surface area (Å²) < 4.78 is 0. The second-order valence-electron chi connectivity index (χ2n) is 4.28. The summed E-state index contributed by atoms with van der Waals surface area (Å²) in [5, 5.41) is 0.884. The number of amides is 1. The van der Waals surface area contributed by atoms with Gasteiger partial charge in [-0.1, -0.05) is 0 Å². The van der Waals surface area contributed by atoms with Crippen molar-refractivity contribution in [3.05, 3.63) is 53.0 Å². The Kier molecular flexibility index (Phi) is 3.04. The highest BCUT2D eigenvalue weighted by molar-refractivity contribution is 7.17. The van der Waals surface area contributed by atoms with Crippen molar-refractivity contribution in [3.8, 4) is 10.4 Å². The summed E-state index contributed by atoms with van der Waals surface area (Å²) in [6.45, 7) is 0. The number of rotatable bonds is 3. The Morgan fingerprint density at radius 2 is 2.05 bits per heavy atom. The first kappa shape index (κ1) is 12.5. The Hall–Kier alpha value is -2.53. The standard InChI is InChI=1S/C15H10N2O2S/c16-15(19)14-4-3-13(20-14)10-5-6-17-12-2-1-9(8-18)7-11(10)12/h1-8H,(H2,16,19). The second-order valence-corrected chi connectivity index (χ2v) is 5.36. The number of nitrogens with zero attached hydrogens (tertiary/aromatic N) is 1. The molecule has 2 N–H and O–H groups in total. The number of pyridine rings is 1. The van der Waals surface area contributed by atoms with Gasteiger partial charge in [-0.05, 0) is 36.4 Å². The number of thiophene rings is 1. The van der Waals surface area contributed by atoms with Crippen molar-refractivity contribution in [2.45, 2.75) is 0 Å². The molecule has 0 saturated carbocycles. The van der Waals surface area contributed by atoms with E-state index in [0.717, 1.165) is 27.6 Å². The van der Waals surface area contributed by atoms with E-state index in [4.69, 9.17) is 5.73 Å². The van der Waals surface area contributed by atoms with Crippen LogP contribution in [0.5, 0.6) is 0 Å². The number of benzene rings is 1. The lowest BCUT2D eigenvalue weighted by atomic mass is 10.1. The Morgan fingerprint density at radius 1 is 1.20 bits per heavy atom. The highest BCUT2D eigenvalue weighted by Gasteiger charge is 2.10. The Balaban J connectivity index is 2.23. The van der Waals surface area contributed by atoms with Crippen molar-refractivity contribution < 1.29 is 9.59 Å². The van der Waals surface area contributed by atoms with Gasteiger partial charge in [-0.25, -0.2) is 0 Å². The molecule has 0 aliphatic carbocycles. The van der Waals surface area contributed by atoms with E-state index in [0.29, 0.717) is 10.4 Å². The third kappa shape index (κ3) is 2.08. The number of fused-ring (bicyclic) bond motifs is 1. The molecular formula is C15H10N2O2S. The number of nitrogens with two attached hydrogens (primary N) is 1. The maximum Gasteiger partial charge on any atom is 0.258 e. The average molecular weight is 282 g/mol. The number of carbonyl (C=O) groups is 2. The van der Waals surface area contributed by atoms with Crippen LogP contribution in [0.25, 0.3) is 21.3 Å². The van der Waals surface area contributed by atoms with E-state index in [1.54, 1.807) is 24.4 Å². The van der Waals surface area contributed by atoms with E-state index >= 15 is 0 Å². The highest BCUT2D eigenvalue weighted by atomic mass is 32.1. The summed E-state index contributed by atoms with van der Waals surface area (Å²) in [4.78, 5) is 27.8. The summed E-state index contributed by atoms with van der Waals surface area (Å²) >= 11 is 1.33. The zero-order valence-electron chi connectivity index (χ0n) is 10.4. The average Bonchev–Trinajstić information content (AvgIpc) is 2.96. The molecule has 0 unspecified atom stereocenters. The van der Waals surface area contributed by atoms with Gasteiger partial charge in [0.05, 0.1) is 10.4 Å². The molecule has 0 aliphatic heterocycles. The van der Waals surface area contributed by atoms with E-state index in [1.165, 1.54) is 11.3 Å². The van der Waals surface area contributed by atoms with Crippen LogP contribution in [0.1, 0.15) is 20.0 Å². The maximum atomic E-state index is 11.2. The number of hydrogen-bond donors (Lipinski definition) is 1. The van der Waals surface area contributed by atoms with Crippen molar-refractivity contribution >= 4 is 34.4 Å². The molecule has 0 radical (unpaired) electrons. The first-order valence-electron chi connectivity index (χ1n) is 5.93. The molecule has 1 amide bonds. The molecule has 2 heterocycles. The molecule has 2 aromatic heterocycles. The van der Waals surface area contributed by atoms with Crippen LogP contribution in [0, 0.1) is 0 Å². The third-order valence-electron chi connectivity index (χ3n) is 3.02. The van der Waals surface area contributed by atoms with E-state index in [-0.39, 0.29) is 0 Å². The van der Waals surface area contributed by atoms with Gasteiger partial charge in [-0.3, -0.25) is 14.6 Å². The molecule has 0 spiro atoms. The van der Waals surface area contributed by atoms with Crippen LogP contribution in [0.4, 0.5) is 0 Å². The van der Waals surface area contributed by atoms with Gasteiger partial charge in [0.15, 0.2) is 0 Å². The van der Waals surface area contributed by atoms with Gasteiger partial charge in [-0.15, -0.1) is 11.3 Å². The predicted octanol–water partition coefficient (Wildman–Crippen LogP) is 2.87. The number of aromatic nitrogens is 1. The lowest BCUT2D eigenvalue weighted by molar-refractivity contribution is 0.100. The predicted molar refractivity (Wildman–Crippen MR) is 79.0 cm³/mol. The molecule has 98 valence electrons. The van der Waals surface area contributed by atoms with E-state index < -0.39 is 5.91 Å². The SMILES string of the molecule is NC(=O)c1ccc(-c2ccnc3ccc(C=O)cc23)s1. The minimum absolute atomic E-state index is 0.437. The van der Waals surface area contributed by atoms with Crippen molar-refractivity contribution in [1.82, 2.24) is 4.98 Å². The van der Waals surface area contributed by atoms with Gasteiger partial charge < -0.3 is 5.73 Å². The van der Waals surface area contributed by atoms with Crippen molar-refractivity contribution in [3.63, 3.8) is 0 Å². The molecule has 0 saturated heterocycles. The second kappa shape index (κ2) is 4.86. The number of carbonyl (C=O) groups excluding carboxylic acids is 2. The normalized spacial score (nSPS) is 10.6. The summed E-state index contributed by atoms with van der Waals surface area (Å²) in [5.74, 6) is -0.437. The fraction of sp³-hybridized carbons (Fsp3) is 0. The van der Waals surface area contributed by atoms with Crippen LogP contribution in [0.2, 0.25) is 0 Å². The van der Waals surface area contributed by atoms with Crippen LogP contribution < -0.4 is 5.73 Å². The van der Waals surface area contributed by atoms with Crippen molar-refractivity contribution in [1.29, 1.82) is 0 Å². The first-order valence-corrected chi connectivity index (χ1v) is 6.74. The van der Waals surface area contributed by atoms with Gasteiger partial charge in [0.1, 0.15) is 6.29 Å². The molecule has 0 bridgehead atoms. The fourth-order valence-electron chi connectivity index (χ4n) is 2.07. The van der Waals surface area contributed by atoms with Gasteiger partial charge in [0.2, 0.25) is 0 Å². The summed E-state index contributed by atoms with van der Waals surface area (Å²) in [6, 6.07) is 10.8. The smallest absolute Gasteiger partial charge is 0.258 e. The number of hydrogen-bond acceptors (Lipinski definition) is 4. The molecule has 0 aliphatic rings. The minimum atomic E-state index is -0.437. The quantitative estimate of drug-likeness (QED) is 0.751. The molecular weight excluding hydrogens is 272 g/mol. The Labute approximate surface area is 118 Å². The highest BCUT2D eigenvalue weighted by Crippen LogP contribution is 2.33. The summed E-state index contributed by atoms with van der Waals surface area (Å²) in [6.07, 6.45) is 2.52. The van der Waals surface area contributed by atoms with E-state index in [9.17, 15) is 9.59 Å². The first-order chi connectivity index (χ1) is 9.69. The zero-order chi connectivity index (χ0) is 14.1. The van der Waals surface area contributed by atoms with Gasteiger partial charge in [0.25, 0.3) is 5.91 Å². The largest absolute Gasteiger partial charge is 0.365 e. The zero-order valence-corrected chi connectivity index (χ0v) is 11.2. The van der Waals surface area contributed by atoms with Crippen LogP contribution in [0.15, 0.2) is 42.6 Å². The van der Waals surface area contributed by atoms with Crippen molar-refractivity contribution in [2.24, 2.45) is 5.73 Å². The van der Waals surface area contributed by atoms with Crippen LogP contribution >= 0.6 is 11.3 Å². The van der Waals surface area contributed by atoms with Crippen LogP contribution in [0.3, 0.4) is 0 Å². The Bertz CT molecular complexity index is 824. The lowest BCUT2D eigenvalue weighted by Gasteiger charge is -2.04. The lowest BCUT2D eigenvalue weighted by Crippen LogP contribution is -2.07. The Morgan fingerprint density at radius 3 is 2.75 bits per heavy atom. The van der Waals surface area contributed by atoms with Crippen LogP contribution in [-0.4, -0.2) is 17.2 Å². The number of aldehydes is 1. The molecule has 1 aromatic carbocycles. The summed E-state index contributed by atoms with van der Waals surface area (Å²) in [7, 11) is 0. The maximum absolute atomic E-state index is 11.2. The molecule has 3 aromatic rings. The van der Waals surface area contributed by atoms with Gasteiger partial charge in [-0.2, -0.15) is 0 Å². The monoisotopic (exact) mass is 282 g/mol. The fourth-order valence-corrected chi connectivity index (χ4v) is 2.96. The van der Waals surface area contributed by atoms with Crippen LogP contribution in [-0.2, 0) is 0 Å². The van der Waals surface area contributed by atoms with E-state index in [1.807, 2.05) is 18.2 Å². The molecule has 0 atom stereocenters. The van der Waals surface area contributed by atoms with Gasteiger partial charge in [0, 0.05) is 27.6 Å². The minimum Gasteiger partial charge on any atom is -0.365 e. The third-order valence-corrected chi connectivity index (χ3v) is 4.15. The molecule has 0 fully saturated rings. The summed E-state index contributed by atoms with van der Waals surface area (Å²) in [5.41, 5.74) is 7.62. The van der Waals surface area contributed by atoms with E-state index in [2.05, 4.69) is 4.98 Å². The topological polar surface area (TPSA) is 73.1 Å². The van der Waals surface area contributed by atoms with Crippen molar-refractivity contribution in [2.75, 3.05) is 0 Å². The number of primary amides is 1. The molecule has 4 nitrogen and oxygen atoms in total.